The second kappa shape index (κ2) is 5.45. The van der Waals surface area contributed by atoms with Gasteiger partial charge in [-0.05, 0) is 6.42 Å². The number of hydrogen-bond acceptors (Lipinski definition) is 4. The Kier molecular flexibility index (Phi) is 4.24. The Hall–Kier alpha value is -1.63. The minimum atomic E-state index is -0.986. The van der Waals surface area contributed by atoms with Crippen molar-refractivity contribution in [1.29, 1.82) is 0 Å². The van der Waals surface area contributed by atoms with E-state index in [1.54, 1.807) is 0 Å². The zero-order valence-corrected chi connectivity index (χ0v) is 8.81. The van der Waals surface area contributed by atoms with Crippen LogP contribution in [-0.4, -0.2) is 53.5 Å². The molecule has 7 heteroatoms. The lowest BCUT2D eigenvalue weighted by atomic mass is 10.1. The van der Waals surface area contributed by atoms with Crippen molar-refractivity contribution in [1.82, 2.24) is 10.2 Å². The lowest BCUT2D eigenvalue weighted by molar-refractivity contribution is -0.140. The summed E-state index contributed by atoms with van der Waals surface area (Å²) in [6.45, 7) is 0.834. The van der Waals surface area contributed by atoms with Crippen LogP contribution in [0.4, 0.5) is 0 Å². The normalized spacial score (nSPS) is 17.8. The standard InChI is InChI=1S/C9H15N3O4/c10-6(1-2-8(14)15)9(16)12-4-3-11-7(13)5-12/h6H,1-5,10H2,(H,11,13)(H,14,15). The molecule has 7 nitrogen and oxygen atoms in total. The first-order valence-electron chi connectivity index (χ1n) is 5.03. The van der Waals surface area contributed by atoms with Gasteiger partial charge in [-0.1, -0.05) is 0 Å². The molecule has 1 aliphatic heterocycles. The first-order valence-corrected chi connectivity index (χ1v) is 5.03. The molecule has 0 aromatic carbocycles. The molecule has 0 radical (unpaired) electrons. The third-order valence-electron chi connectivity index (χ3n) is 2.34. The summed E-state index contributed by atoms with van der Waals surface area (Å²) in [5.41, 5.74) is 5.56. The van der Waals surface area contributed by atoms with Crippen molar-refractivity contribution in [2.45, 2.75) is 18.9 Å². The SMILES string of the molecule is NC(CCC(=O)O)C(=O)N1CCNC(=O)C1. The predicted molar refractivity (Wildman–Crippen MR) is 54.4 cm³/mol. The van der Waals surface area contributed by atoms with Crippen LogP contribution >= 0.6 is 0 Å². The molecule has 1 rings (SSSR count). The third kappa shape index (κ3) is 3.50. The van der Waals surface area contributed by atoms with E-state index in [1.165, 1.54) is 4.90 Å². The summed E-state index contributed by atoms with van der Waals surface area (Å²) in [6, 6.07) is -0.845. The highest BCUT2D eigenvalue weighted by molar-refractivity contribution is 5.88. The Balaban J connectivity index is 2.43. The maximum atomic E-state index is 11.7. The maximum Gasteiger partial charge on any atom is 0.303 e. The number of carboxylic acids is 1. The Morgan fingerprint density at radius 3 is 2.81 bits per heavy atom. The van der Waals surface area contributed by atoms with Crippen molar-refractivity contribution >= 4 is 17.8 Å². The Labute approximate surface area is 92.6 Å². The van der Waals surface area contributed by atoms with E-state index < -0.39 is 12.0 Å². The third-order valence-corrected chi connectivity index (χ3v) is 2.34. The molecule has 0 saturated carbocycles. The van der Waals surface area contributed by atoms with Gasteiger partial charge in [-0.3, -0.25) is 14.4 Å². The molecule has 1 atom stereocenters. The van der Waals surface area contributed by atoms with Crippen molar-refractivity contribution in [2.24, 2.45) is 5.73 Å². The minimum absolute atomic E-state index is 0.000392. The highest BCUT2D eigenvalue weighted by Gasteiger charge is 2.25. The second-order valence-electron chi connectivity index (χ2n) is 3.65. The van der Waals surface area contributed by atoms with Gasteiger partial charge in [-0.25, -0.2) is 0 Å². The number of aliphatic carboxylic acids is 1. The fraction of sp³-hybridized carbons (Fsp3) is 0.667. The number of nitrogens with two attached hydrogens (primary N) is 1. The molecule has 90 valence electrons. The summed E-state index contributed by atoms with van der Waals surface area (Å²) in [7, 11) is 0. The number of nitrogens with one attached hydrogen (secondary N) is 1. The first-order chi connectivity index (χ1) is 7.50. The van der Waals surface area contributed by atoms with Gasteiger partial charge in [-0.15, -0.1) is 0 Å². The van der Waals surface area contributed by atoms with E-state index in [-0.39, 0.29) is 31.2 Å². The Bertz CT molecular complexity index is 305. The average molecular weight is 229 g/mol. The number of rotatable bonds is 4. The van der Waals surface area contributed by atoms with E-state index in [2.05, 4.69) is 5.32 Å². The largest absolute Gasteiger partial charge is 0.481 e. The quantitative estimate of drug-likeness (QED) is 0.523. The number of piperazine rings is 1. The summed E-state index contributed by atoms with van der Waals surface area (Å²) < 4.78 is 0. The van der Waals surface area contributed by atoms with E-state index >= 15 is 0 Å². The van der Waals surface area contributed by atoms with Crippen molar-refractivity contribution < 1.29 is 19.5 Å². The molecule has 0 bridgehead atoms. The van der Waals surface area contributed by atoms with E-state index in [9.17, 15) is 14.4 Å². The van der Waals surface area contributed by atoms with Gasteiger partial charge in [0.25, 0.3) is 0 Å². The molecular weight excluding hydrogens is 214 g/mol. The summed E-state index contributed by atoms with van der Waals surface area (Å²) in [4.78, 5) is 34.4. The van der Waals surface area contributed by atoms with Crippen LogP contribution < -0.4 is 11.1 Å². The van der Waals surface area contributed by atoms with Gasteiger partial charge in [-0.2, -0.15) is 0 Å². The number of hydrogen-bond donors (Lipinski definition) is 3. The minimum Gasteiger partial charge on any atom is -0.481 e. The Morgan fingerprint density at radius 2 is 2.25 bits per heavy atom. The monoisotopic (exact) mass is 229 g/mol. The summed E-state index contributed by atoms with van der Waals surface area (Å²) >= 11 is 0. The molecule has 1 heterocycles. The van der Waals surface area contributed by atoms with Crippen molar-refractivity contribution in [2.75, 3.05) is 19.6 Å². The van der Waals surface area contributed by atoms with Crippen LogP contribution in [0.3, 0.4) is 0 Å². The number of carboxylic acid groups (broad SMARTS) is 1. The zero-order valence-electron chi connectivity index (χ0n) is 8.81. The molecule has 0 aliphatic carbocycles. The van der Waals surface area contributed by atoms with Crippen LogP contribution in [0, 0.1) is 0 Å². The van der Waals surface area contributed by atoms with E-state index in [0.717, 1.165) is 0 Å². The summed E-state index contributed by atoms with van der Waals surface area (Å²) in [6.07, 6.45) is -0.0563. The lowest BCUT2D eigenvalue weighted by Gasteiger charge is -2.28. The molecule has 1 unspecified atom stereocenters. The van der Waals surface area contributed by atoms with Crippen LogP contribution in [0.5, 0.6) is 0 Å². The summed E-state index contributed by atoms with van der Waals surface area (Å²) in [5.74, 6) is -1.57. The summed E-state index contributed by atoms with van der Waals surface area (Å²) in [5, 5.41) is 11.0. The molecule has 0 aromatic rings. The van der Waals surface area contributed by atoms with Gasteiger partial charge in [0.2, 0.25) is 11.8 Å². The van der Waals surface area contributed by atoms with Crippen LogP contribution in [0.2, 0.25) is 0 Å². The van der Waals surface area contributed by atoms with E-state index in [0.29, 0.717) is 13.1 Å². The van der Waals surface area contributed by atoms with Crippen LogP contribution in [0.25, 0.3) is 0 Å². The van der Waals surface area contributed by atoms with Gasteiger partial charge < -0.3 is 21.1 Å². The van der Waals surface area contributed by atoms with Gasteiger partial charge in [0.15, 0.2) is 0 Å². The number of amides is 2. The fourth-order valence-corrected chi connectivity index (χ4v) is 1.46. The highest BCUT2D eigenvalue weighted by atomic mass is 16.4. The Morgan fingerprint density at radius 1 is 1.56 bits per heavy atom. The average Bonchev–Trinajstić information content (AvgIpc) is 2.24. The molecule has 0 aromatic heterocycles. The fourth-order valence-electron chi connectivity index (χ4n) is 1.46. The molecular formula is C9H15N3O4. The molecule has 16 heavy (non-hydrogen) atoms. The maximum absolute atomic E-state index is 11.7. The molecule has 2 amide bonds. The van der Waals surface area contributed by atoms with Crippen molar-refractivity contribution in [3.05, 3.63) is 0 Å². The number of carbonyl (C=O) groups is 3. The van der Waals surface area contributed by atoms with Gasteiger partial charge in [0.1, 0.15) is 0 Å². The van der Waals surface area contributed by atoms with Crippen molar-refractivity contribution in [3.63, 3.8) is 0 Å². The predicted octanol–water partition coefficient (Wildman–Crippen LogP) is -1.86. The molecule has 1 saturated heterocycles. The van der Waals surface area contributed by atoms with Crippen LogP contribution in [-0.2, 0) is 14.4 Å². The molecule has 0 spiro atoms. The molecule has 1 aliphatic rings. The van der Waals surface area contributed by atoms with E-state index in [1.807, 2.05) is 0 Å². The topological polar surface area (TPSA) is 113 Å². The van der Waals surface area contributed by atoms with Gasteiger partial charge in [0.05, 0.1) is 12.6 Å². The smallest absolute Gasteiger partial charge is 0.303 e. The zero-order chi connectivity index (χ0) is 12.1. The van der Waals surface area contributed by atoms with Gasteiger partial charge >= 0.3 is 5.97 Å². The number of nitrogens with zero attached hydrogens (tertiary/aromatic N) is 1. The van der Waals surface area contributed by atoms with Gasteiger partial charge in [0, 0.05) is 19.5 Å². The van der Waals surface area contributed by atoms with Crippen LogP contribution in [0.1, 0.15) is 12.8 Å². The van der Waals surface area contributed by atoms with Crippen LogP contribution in [0.15, 0.2) is 0 Å². The lowest BCUT2D eigenvalue weighted by Crippen LogP contribution is -2.54. The molecule has 1 fully saturated rings. The van der Waals surface area contributed by atoms with E-state index in [4.69, 9.17) is 10.8 Å². The second-order valence-corrected chi connectivity index (χ2v) is 3.65. The highest BCUT2D eigenvalue weighted by Crippen LogP contribution is 2.02. The first kappa shape index (κ1) is 12.4. The molecule has 4 N–H and O–H groups in total. The number of carbonyl (C=O) groups excluding carboxylic acids is 2. The van der Waals surface area contributed by atoms with Crippen molar-refractivity contribution in [3.8, 4) is 0 Å².